The average molecular weight is 278 g/mol. The Balaban J connectivity index is 2.95. The van der Waals surface area contributed by atoms with Crippen LogP contribution in [-0.2, 0) is 0 Å². The summed E-state index contributed by atoms with van der Waals surface area (Å²) >= 11 is 0. The van der Waals surface area contributed by atoms with E-state index in [1.165, 1.54) is 0 Å². The van der Waals surface area contributed by atoms with Crippen LogP contribution in [0.1, 0.15) is 43.6 Å². The molecule has 0 aromatic heterocycles. The van der Waals surface area contributed by atoms with E-state index in [0.29, 0.717) is 18.7 Å². The largest absolute Gasteiger partial charge is 0.389 e. The number of hydrogen-bond acceptors (Lipinski definition) is 3. The summed E-state index contributed by atoms with van der Waals surface area (Å²) in [6.45, 7) is 11.1. The van der Waals surface area contributed by atoms with Gasteiger partial charge in [-0.1, -0.05) is 0 Å². The number of amides is 1. The Morgan fingerprint density at radius 3 is 2.45 bits per heavy atom. The Hall–Kier alpha value is -1.55. The van der Waals surface area contributed by atoms with Gasteiger partial charge in [-0.05, 0) is 58.4 Å². The maximum absolute atomic E-state index is 12.5. The summed E-state index contributed by atoms with van der Waals surface area (Å²) in [7, 11) is 0. The van der Waals surface area contributed by atoms with E-state index in [4.69, 9.17) is 0 Å². The molecule has 0 heterocycles. The Morgan fingerprint density at radius 1 is 1.35 bits per heavy atom. The highest BCUT2D eigenvalue weighted by molar-refractivity contribution is 5.96. The summed E-state index contributed by atoms with van der Waals surface area (Å²) in [6, 6.07) is 5.75. The van der Waals surface area contributed by atoms with Crippen molar-refractivity contribution < 1.29 is 9.90 Å². The van der Waals surface area contributed by atoms with Crippen LogP contribution in [0.3, 0.4) is 0 Å². The second-order valence-electron chi connectivity index (χ2n) is 5.69. The minimum absolute atomic E-state index is 0.0322. The van der Waals surface area contributed by atoms with Crippen LogP contribution in [-0.4, -0.2) is 41.1 Å². The molecule has 112 valence electrons. The molecule has 2 N–H and O–H groups in total. The van der Waals surface area contributed by atoms with Gasteiger partial charge in [-0.3, -0.25) is 4.79 Å². The molecule has 0 radical (unpaired) electrons. The molecule has 0 aliphatic rings. The first kappa shape index (κ1) is 16.5. The minimum atomic E-state index is -0.886. The third-order valence-corrected chi connectivity index (χ3v) is 3.08. The maximum atomic E-state index is 12.5. The van der Waals surface area contributed by atoms with Crippen molar-refractivity contribution >= 4 is 11.6 Å². The van der Waals surface area contributed by atoms with Crippen LogP contribution < -0.4 is 5.32 Å². The van der Waals surface area contributed by atoms with Gasteiger partial charge < -0.3 is 15.3 Å². The van der Waals surface area contributed by atoms with Crippen LogP contribution in [0.25, 0.3) is 0 Å². The number of nitrogens with one attached hydrogen (secondary N) is 1. The smallest absolute Gasteiger partial charge is 0.254 e. The molecular weight excluding hydrogens is 252 g/mol. The zero-order valence-electron chi connectivity index (χ0n) is 13.2. The Bertz CT molecular complexity index is 464. The Labute approximate surface area is 121 Å². The minimum Gasteiger partial charge on any atom is -0.389 e. The molecule has 1 aromatic carbocycles. The molecule has 1 aromatic rings. The van der Waals surface area contributed by atoms with Gasteiger partial charge in [-0.25, -0.2) is 0 Å². The van der Waals surface area contributed by atoms with Gasteiger partial charge in [0.25, 0.3) is 5.91 Å². The standard InChI is InChI=1S/C16H26N2O2/c1-6-17-13-8-9-14(12(3)10-13)15(19)18(7-2)11-16(4,5)20/h8-10,17,20H,6-7,11H2,1-5H3. The lowest BCUT2D eigenvalue weighted by Crippen LogP contribution is -2.42. The highest BCUT2D eigenvalue weighted by atomic mass is 16.3. The molecule has 0 fully saturated rings. The number of rotatable bonds is 6. The first-order valence-electron chi connectivity index (χ1n) is 7.14. The van der Waals surface area contributed by atoms with Crippen molar-refractivity contribution in [2.75, 3.05) is 25.0 Å². The van der Waals surface area contributed by atoms with Crippen LogP contribution >= 0.6 is 0 Å². The molecule has 0 saturated heterocycles. The zero-order chi connectivity index (χ0) is 15.3. The lowest BCUT2D eigenvalue weighted by Gasteiger charge is -2.28. The summed E-state index contributed by atoms with van der Waals surface area (Å²) in [5.41, 5.74) is 1.77. The third-order valence-electron chi connectivity index (χ3n) is 3.08. The molecule has 20 heavy (non-hydrogen) atoms. The fourth-order valence-corrected chi connectivity index (χ4v) is 2.18. The zero-order valence-corrected chi connectivity index (χ0v) is 13.2. The van der Waals surface area contributed by atoms with Crippen molar-refractivity contribution in [3.05, 3.63) is 29.3 Å². The van der Waals surface area contributed by atoms with Crippen molar-refractivity contribution in [3.8, 4) is 0 Å². The van der Waals surface area contributed by atoms with Gasteiger partial charge in [-0.2, -0.15) is 0 Å². The third kappa shape index (κ3) is 4.53. The molecule has 0 spiro atoms. The average Bonchev–Trinajstić information content (AvgIpc) is 2.35. The molecule has 0 atom stereocenters. The van der Waals surface area contributed by atoms with Crippen LogP contribution in [0.5, 0.6) is 0 Å². The SMILES string of the molecule is CCNc1ccc(C(=O)N(CC)CC(C)(C)O)c(C)c1. The van der Waals surface area contributed by atoms with Gasteiger partial charge in [-0.15, -0.1) is 0 Å². The molecule has 4 heteroatoms. The molecular formula is C16H26N2O2. The van der Waals surface area contributed by atoms with E-state index in [-0.39, 0.29) is 5.91 Å². The van der Waals surface area contributed by atoms with Gasteiger partial charge in [0, 0.05) is 30.9 Å². The molecule has 0 bridgehead atoms. The number of nitrogens with zero attached hydrogens (tertiary/aromatic N) is 1. The van der Waals surface area contributed by atoms with Crippen LogP contribution in [0.4, 0.5) is 5.69 Å². The fraction of sp³-hybridized carbons (Fsp3) is 0.562. The number of hydrogen-bond donors (Lipinski definition) is 2. The van der Waals surface area contributed by atoms with Gasteiger partial charge >= 0.3 is 0 Å². The number of aryl methyl sites for hydroxylation is 1. The molecule has 0 aliphatic carbocycles. The fourth-order valence-electron chi connectivity index (χ4n) is 2.18. The topological polar surface area (TPSA) is 52.6 Å². The normalized spacial score (nSPS) is 11.3. The lowest BCUT2D eigenvalue weighted by atomic mass is 10.0. The van der Waals surface area contributed by atoms with Crippen LogP contribution in [0.15, 0.2) is 18.2 Å². The van der Waals surface area contributed by atoms with E-state index in [2.05, 4.69) is 5.32 Å². The number of carbonyl (C=O) groups is 1. The van der Waals surface area contributed by atoms with Crippen LogP contribution in [0.2, 0.25) is 0 Å². The quantitative estimate of drug-likeness (QED) is 0.841. The number of likely N-dealkylation sites (N-methyl/N-ethyl adjacent to an activating group) is 1. The van der Waals surface area contributed by atoms with Crippen molar-refractivity contribution in [3.63, 3.8) is 0 Å². The van der Waals surface area contributed by atoms with Crippen molar-refractivity contribution in [2.24, 2.45) is 0 Å². The first-order valence-corrected chi connectivity index (χ1v) is 7.14. The van der Waals surface area contributed by atoms with E-state index in [9.17, 15) is 9.90 Å². The van der Waals surface area contributed by atoms with E-state index in [0.717, 1.165) is 17.8 Å². The Kier molecular flexibility index (Phi) is 5.57. The maximum Gasteiger partial charge on any atom is 0.254 e. The summed E-state index contributed by atoms with van der Waals surface area (Å²) < 4.78 is 0. The van der Waals surface area contributed by atoms with E-state index < -0.39 is 5.60 Å². The van der Waals surface area contributed by atoms with Crippen LogP contribution in [0, 0.1) is 6.92 Å². The molecule has 0 saturated carbocycles. The van der Waals surface area contributed by atoms with Crippen molar-refractivity contribution in [1.82, 2.24) is 4.90 Å². The molecule has 4 nitrogen and oxygen atoms in total. The van der Waals surface area contributed by atoms with Gasteiger partial charge in [0.15, 0.2) is 0 Å². The number of carbonyl (C=O) groups excluding carboxylic acids is 1. The van der Waals surface area contributed by atoms with Gasteiger partial charge in [0.2, 0.25) is 0 Å². The van der Waals surface area contributed by atoms with E-state index in [1.54, 1.807) is 18.7 Å². The highest BCUT2D eigenvalue weighted by Crippen LogP contribution is 2.18. The molecule has 1 rings (SSSR count). The first-order chi connectivity index (χ1) is 9.28. The number of anilines is 1. The molecule has 0 aliphatic heterocycles. The summed E-state index contributed by atoms with van der Waals surface area (Å²) in [5, 5.41) is 13.1. The van der Waals surface area contributed by atoms with Gasteiger partial charge in [0.1, 0.15) is 0 Å². The Morgan fingerprint density at radius 2 is 2.00 bits per heavy atom. The second-order valence-corrected chi connectivity index (χ2v) is 5.69. The van der Waals surface area contributed by atoms with Gasteiger partial charge in [0.05, 0.1) is 5.60 Å². The predicted molar refractivity (Wildman–Crippen MR) is 83.2 cm³/mol. The van der Waals surface area contributed by atoms with E-state index >= 15 is 0 Å². The molecule has 1 amide bonds. The van der Waals surface area contributed by atoms with Crippen molar-refractivity contribution in [2.45, 2.75) is 40.2 Å². The second kappa shape index (κ2) is 6.75. The summed E-state index contributed by atoms with van der Waals surface area (Å²) in [6.07, 6.45) is 0. The predicted octanol–water partition coefficient (Wildman–Crippen LogP) is 2.66. The highest BCUT2D eigenvalue weighted by Gasteiger charge is 2.23. The number of benzene rings is 1. The summed E-state index contributed by atoms with van der Waals surface area (Å²) in [4.78, 5) is 14.2. The van der Waals surface area contributed by atoms with E-state index in [1.807, 2.05) is 39.0 Å². The molecule has 0 unspecified atom stereocenters. The number of aliphatic hydroxyl groups is 1. The monoisotopic (exact) mass is 278 g/mol. The lowest BCUT2D eigenvalue weighted by molar-refractivity contribution is 0.0314. The summed E-state index contributed by atoms with van der Waals surface area (Å²) in [5.74, 6) is -0.0322. The van der Waals surface area contributed by atoms with Crippen molar-refractivity contribution in [1.29, 1.82) is 0 Å².